The van der Waals surface area contributed by atoms with Crippen molar-refractivity contribution in [3.8, 4) is 0 Å². The molecule has 4 heteroatoms. The fourth-order valence-electron chi connectivity index (χ4n) is 1.05. The highest BCUT2D eigenvalue weighted by molar-refractivity contribution is 4.91. The Kier molecular flexibility index (Phi) is 3.22. The van der Waals surface area contributed by atoms with Gasteiger partial charge >= 0.3 is 0 Å². The number of nitrogens with zero attached hydrogens (tertiary/aromatic N) is 2. The number of hydrogen-bond donors (Lipinski definition) is 1. The van der Waals surface area contributed by atoms with Gasteiger partial charge < -0.3 is 9.84 Å². The summed E-state index contributed by atoms with van der Waals surface area (Å²) in [6.07, 6.45) is 1.78. The van der Waals surface area contributed by atoms with Crippen molar-refractivity contribution >= 4 is 0 Å². The SMILES string of the molecule is CCc1noc(C(CC)NC)n1. The van der Waals surface area contributed by atoms with Gasteiger partial charge in [0.1, 0.15) is 0 Å². The summed E-state index contributed by atoms with van der Waals surface area (Å²) in [6.45, 7) is 4.09. The van der Waals surface area contributed by atoms with E-state index in [4.69, 9.17) is 4.52 Å². The van der Waals surface area contributed by atoms with Gasteiger partial charge in [-0.1, -0.05) is 19.0 Å². The average molecular weight is 169 g/mol. The van der Waals surface area contributed by atoms with E-state index in [1.165, 1.54) is 0 Å². The molecule has 0 aliphatic rings. The van der Waals surface area contributed by atoms with Crippen LogP contribution in [-0.2, 0) is 6.42 Å². The van der Waals surface area contributed by atoms with Crippen molar-refractivity contribution in [1.82, 2.24) is 15.5 Å². The second-order valence-corrected chi connectivity index (χ2v) is 2.65. The zero-order valence-corrected chi connectivity index (χ0v) is 7.79. The Morgan fingerprint density at radius 1 is 1.50 bits per heavy atom. The van der Waals surface area contributed by atoms with Crippen molar-refractivity contribution in [1.29, 1.82) is 0 Å². The molecule has 1 unspecified atom stereocenters. The molecule has 68 valence electrons. The van der Waals surface area contributed by atoms with Gasteiger partial charge in [0.05, 0.1) is 6.04 Å². The molecule has 1 aromatic rings. The van der Waals surface area contributed by atoms with Crippen LogP contribution in [0.4, 0.5) is 0 Å². The molecule has 0 fully saturated rings. The van der Waals surface area contributed by atoms with Gasteiger partial charge in [0, 0.05) is 6.42 Å². The first-order chi connectivity index (χ1) is 5.81. The normalized spacial score (nSPS) is 13.2. The first-order valence-corrected chi connectivity index (χ1v) is 4.31. The number of hydrogen-bond acceptors (Lipinski definition) is 4. The van der Waals surface area contributed by atoms with E-state index >= 15 is 0 Å². The minimum absolute atomic E-state index is 0.192. The van der Waals surface area contributed by atoms with Crippen molar-refractivity contribution < 1.29 is 4.52 Å². The van der Waals surface area contributed by atoms with Gasteiger partial charge in [-0.15, -0.1) is 0 Å². The molecule has 0 aromatic carbocycles. The lowest BCUT2D eigenvalue weighted by Crippen LogP contribution is -2.15. The van der Waals surface area contributed by atoms with E-state index in [-0.39, 0.29) is 6.04 Å². The maximum absolute atomic E-state index is 5.08. The van der Waals surface area contributed by atoms with Crippen LogP contribution in [0, 0.1) is 0 Å². The molecular formula is C8H15N3O. The standard InChI is InChI=1S/C8H15N3O/c1-4-6(9-3)8-10-7(5-2)11-12-8/h6,9H,4-5H2,1-3H3. The van der Waals surface area contributed by atoms with Crippen molar-refractivity contribution in [2.24, 2.45) is 0 Å². The van der Waals surface area contributed by atoms with Gasteiger partial charge in [0.15, 0.2) is 5.82 Å². The number of rotatable bonds is 4. The molecular weight excluding hydrogens is 154 g/mol. The Labute approximate surface area is 72.4 Å². The molecule has 1 aromatic heterocycles. The van der Waals surface area contributed by atoms with E-state index in [0.29, 0.717) is 5.89 Å². The average Bonchev–Trinajstić information content (AvgIpc) is 2.55. The lowest BCUT2D eigenvalue weighted by atomic mass is 10.2. The van der Waals surface area contributed by atoms with Gasteiger partial charge in [-0.25, -0.2) is 0 Å². The van der Waals surface area contributed by atoms with Gasteiger partial charge in [-0.2, -0.15) is 4.98 Å². The minimum atomic E-state index is 0.192. The quantitative estimate of drug-likeness (QED) is 0.738. The second kappa shape index (κ2) is 4.21. The maximum atomic E-state index is 5.08. The highest BCUT2D eigenvalue weighted by Gasteiger charge is 2.13. The summed E-state index contributed by atoms with van der Waals surface area (Å²) in [7, 11) is 1.89. The van der Waals surface area contributed by atoms with Crippen LogP contribution >= 0.6 is 0 Å². The lowest BCUT2D eigenvalue weighted by Gasteiger charge is -2.06. The number of nitrogens with one attached hydrogen (secondary N) is 1. The largest absolute Gasteiger partial charge is 0.338 e. The Hall–Kier alpha value is -0.900. The molecule has 0 spiro atoms. The Bertz CT molecular complexity index is 230. The molecule has 0 saturated heterocycles. The first-order valence-electron chi connectivity index (χ1n) is 4.31. The molecule has 1 N–H and O–H groups in total. The summed E-state index contributed by atoms with van der Waals surface area (Å²) in [5.41, 5.74) is 0. The van der Waals surface area contributed by atoms with Crippen LogP contribution < -0.4 is 5.32 Å². The second-order valence-electron chi connectivity index (χ2n) is 2.65. The summed E-state index contributed by atoms with van der Waals surface area (Å²) in [5, 5.41) is 6.93. The Morgan fingerprint density at radius 3 is 2.67 bits per heavy atom. The monoisotopic (exact) mass is 169 g/mol. The van der Waals surface area contributed by atoms with E-state index in [1.807, 2.05) is 14.0 Å². The van der Waals surface area contributed by atoms with Gasteiger partial charge in [0.2, 0.25) is 5.89 Å². The molecule has 0 radical (unpaired) electrons. The van der Waals surface area contributed by atoms with Gasteiger partial charge in [0.25, 0.3) is 0 Å². The predicted molar refractivity (Wildman–Crippen MR) is 45.8 cm³/mol. The zero-order valence-electron chi connectivity index (χ0n) is 7.79. The molecule has 12 heavy (non-hydrogen) atoms. The van der Waals surface area contributed by atoms with Gasteiger partial charge in [-0.05, 0) is 13.5 Å². The molecule has 0 saturated carbocycles. The van der Waals surface area contributed by atoms with Crippen LogP contribution in [0.1, 0.15) is 38.0 Å². The summed E-state index contributed by atoms with van der Waals surface area (Å²) < 4.78 is 5.08. The van der Waals surface area contributed by atoms with Crippen LogP contribution in [0.15, 0.2) is 4.52 Å². The van der Waals surface area contributed by atoms with Crippen molar-refractivity contribution in [3.63, 3.8) is 0 Å². The van der Waals surface area contributed by atoms with Gasteiger partial charge in [-0.3, -0.25) is 0 Å². The summed E-state index contributed by atoms with van der Waals surface area (Å²) in [5.74, 6) is 1.47. The molecule has 0 bridgehead atoms. The first kappa shape index (κ1) is 9.19. The molecule has 1 heterocycles. The lowest BCUT2D eigenvalue weighted by molar-refractivity contribution is 0.331. The van der Waals surface area contributed by atoms with Crippen molar-refractivity contribution in [3.05, 3.63) is 11.7 Å². The third-order valence-electron chi connectivity index (χ3n) is 1.85. The summed E-state index contributed by atoms with van der Waals surface area (Å²) in [6, 6.07) is 0.192. The number of aromatic nitrogens is 2. The van der Waals surface area contributed by atoms with Crippen molar-refractivity contribution in [2.45, 2.75) is 32.7 Å². The van der Waals surface area contributed by atoms with E-state index in [2.05, 4.69) is 22.4 Å². The maximum Gasteiger partial charge on any atom is 0.243 e. The third-order valence-corrected chi connectivity index (χ3v) is 1.85. The van der Waals surface area contributed by atoms with Crippen LogP contribution in [0.25, 0.3) is 0 Å². The summed E-state index contributed by atoms with van der Waals surface area (Å²) >= 11 is 0. The fourth-order valence-corrected chi connectivity index (χ4v) is 1.05. The molecule has 4 nitrogen and oxygen atoms in total. The molecule has 0 aliphatic heterocycles. The van der Waals surface area contributed by atoms with Crippen LogP contribution in [0.5, 0.6) is 0 Å². The highest BCUT2D eigenvalue weighted by Crippen LogP contribution is 2.13. The van der Waals surface area contributed by atoms with E-state index in [0.717, 1.165) is 18.7 Å². The molecule has 0 amide bonds. The van der Waals surface area contributed by atoms with Crippen molar-refractivity contribution in [2.75, 3.05) is 7.05 Å². The zero-order chi connectivity index (χ0) is 8.97. The minimum Gasteiger partial charge on any atom is -0.338 e. The predicted octanol–water partition coefficient (Wildman–Crippen LogP) is 1.30. The van der Waals surface area contributed by atoms with Crippen LogP contribution in [0.3, 0.4) is 0 Å². The topological polar surface area (TPSA) is 51.0 Å². The van der Waals surface area contributed by atoms with Crippen LogP contribution in [-0.4, -0.2) is 17.2 Å². The molecule has 1 rings (SSSR count). The molecule has 0 aliphatic carbocycles. The Balaban J connectivity index is 2.72. The Morgan fingerprint density at radius 2 is 2.25 bits per heavy atom. The molecule has 1 atom stereocenters. The fraction of sp³-hybridized carbons (Fsp3) is 0.750. The summed E-state index contributed by atoms with van der Waals surface area (Å²) in [4.78, 5) is 4.23. The van der Waals surface area contributed by atoms with E-state index in [9.17, 15) is 0 Å². The smallest absolute Gasteiger partial charge is 0.243 e. The highest BCUT2D eigenvalue weighted by atomic mass is 16.5. The third kappa shape index (κ3) is 1.82. The van der Waals surface area contributed by atoms with E-state index < -0.39 is 0 Å². The number of aryl methyl sites for hydroxylation is 1. The van der Waals surface area contributed by atoms with E-state index in [1.54, 1.807) is 0 Å². The van der Waals surface area contributed by atoms with Crippen LogP contribution in [0.2, 0.25) is 0 Å².